The molecule has 0 radical (unpaired) electrons. The molecule has 0 saturated carbocycles. The zero-order valence-electron chi connectivity index (χ0n) is 21.2. The first-order chi connectivity index (χ1) is 16.8. The zero-order valence-corrected chi connectivity index (χ0v) is 23.7. The number of allylic oxidation sites excluding steroid dienone is 4. The first-order valence-corrected chi connectivity index (χ1v) is 12.5. The molecule has 0 fully saturated rings. The summed E-state index contributed by atoms with van der Waals surface area (Å²) in [5, 5.41) is 5.01. The molecule has 182 valence electrons. The second kappa shape index (κ2) is 15.0. The molecule has 0 atom stereocenters. The van der Waals surface area contributed by atoms with Gasteiger partial charge in [-0.3, -0.25) is 6.08 Å². The summed E-state index contributed by atoms with van der Waals surface area (Å²) in [6, 6.07) is 37.9. The van der Waals surface area contributed by atoms with E-state index in [1.54, 1.807) is 7.11 Å². The zero-order chi connectivity index (χ0) is 23.6. The second-order valence-corrected chi connectivity index (χ2v) is 9.00. The van der Waals surface area contributed by atoms with Crippen molar-refractivity contribution in [2.75, 3.05) is 7.11 Å². The Morgan fingerprint density at radius 2 is 1.33 bits per heavy atom. The van der Waals surface area contributed by atoms with Crippen molar-refractivity contribution in [3.8, 4) is 5.75 Å². The number of ether oxygens (including phenoxy) is 1. The van der Waals surface area contributed by atoms with Crippen LogP contribution in [0.3, 0.4) is 0 Å². The van der Waals surface area contributed by atoms with Gasteiger partial charge >= 0.3 is 99.2 Å². The van der Waals surface area contributed by atoms with Gasteiger partial charge in [0.25, 0.3) is 0 Å². The minimum absolute atomic E-state index is 0. The Balaban J connectivity index is 0.000000204. The number of rotatable bonds is 3. The standard InChI is InChI=1S/C14H11O.C13H10.C5H5.2CH3.Zr/c1-15-13-8-4-6-11-9-10-5-2-3-7-12(10)14(11)13;1-3-7-12(8-4-1)11-13-9-5-2-6-10-13;1-2-4-5-3-1;;;/h2-9H,1H3;1-10H;1-3H,4H2;2*1H3;/q-1;;3*-1;. The van der Waals surface area contributed by atoms with Gasteiger partial charge in [-0.05, 0) is 6.07 Å². The molecule has 6 rings (SSSR count). The number of benzene rings is 4. The molecule has 1 aliphatic rings. The van der Waals surface area contributed by atoms with E-state index in [1.165, 1.54) is 60.1 Å². The van der Waals surface area contributed by atoms with Gasteiger partial charge in [0.2, 0.25) is 0 Å². The van der Waals surface area contributed by atoms with Crippen molar-refractivity contribution in [3.63, 3.8) is 0 Å². The van der Waals surface area contributed by atoms with Crippen molar-refractivity contribution < 1.29 is 29.0 Å². The third-order valence-corrected chi connectivity index (χ3v) is 6.95. The van der Waals surface area contributed by atoms with Crippen LogP contribution >= 0.6 is 0 Å². The molecular weight excluding hydrogens is 516 g/mol. The van der Waals surface area contributed by atoms with Crippen molar-refractivity contribution >= 4 is 24.8 Å². The molecule has 0 spiro atoms. The molecule has 0 N–H and O–H groups in total. The number of fused-ring (bicyclic) bond motifs is 3. The van der Waals surface area contributed by atoms with Crippen LogP contribution in [0.15, 0.2) is 127 Å². The normalized spacial score (nSPS) is 10.8. The second-order valence-electron chi connectivity index (χ2n) is 7.77. The molecule has 2 heteroatoms. The van der Waals surface area contributed by atoms with Crippen LogP contribution in [0.2, 0.25) is 0 Å². The van der Waals surface area contributed by atoms with Crippen molar-refractivity contribution in [2.45, 2.75) is 6.42 Å². The average molecular weight is 548 g/mol. The predicted molar refractivity (Wildman–Crippen MR) is 154 cm³/mol. The molecule has 5 aromatic rings. The summed E-state index contributed by atoms with van der Waals surface area (Å²) in [6.45, 7) is 0. The SMILES string of the molecule is COc1cccc2[cH-]c3ccccc3c12.[C-]1=CC=CC1.[CH3-].[CH3-].[Zr]=[C](c1ccccc1)c1ccccc1. The van der Waals surface area contributed by atoms with Gasteiger partial charge in [0.05, 0.1) is 12.9 Å². The van der Waals surface area contributed by atoms with Crippen LogP contribution in [0, 0.1) is 20.9 Å². The van der Waals surface area contributed by atoms with Crippen molar-refractivity contribution in [1.29, 1.82) is 0 Å². The van der Waals surface area contributed by atoms with Crippen LogP contribution in [0.25, 0.3) is 21.5 Å². The molecule has 0 unspecified atom stereocenters. The Hall–Kier alpha value is -3.22. The fraction of sp³-hybridized carbons (Fsp3) is 0.0588. The van der Waals surface area contributed by atoms with E-state index in [2.05, 4.69) is 109 Å². The Labute approximate surface area is 231 Å². The molecule has 1 aliphatic carbocycles. The molecular formula is C34H32OZr-4. The molecule has 36 heavy (non-hydrogen) atoms. The molecule has 5 aromatic carbocycles. The van der Waals surface area contributed by atoms with Gasteiger partial charge in [0, 0.05) is 0 Å². The average Bonchev–Trinajstić information content (AvgIpc) is 3.61. The van der Waals surface area contributed by atoms with Gasteiger partial charge in [0.15, 0.2) is 0 Å². The van der Waals surface area contributed by atoms with Crippen molar-refractivity contribution in [3.05, 3.63) is 159 Å². The summed E-state index contributed by atoms with van der Waals surface area (Å²) in [4.78, 5) is 0. The third kappa shape index (κ3) is 7.39. The number of methoxy groups -OCH3 is 1. The van der Waals surface area contributed by atoms with E-state index in [1.807, 2.05) is 24.3 Å². The maximum atomic E-state index is 5.39. The van der Waals surface area contributed by atoms with Crippen LogP contribution < -0.4 is 4.74 Å². The van der Waals surface area contributed by atoms with Crippen LogP contribution in [-0.4, -0.2) is 10.3 Å². The van der Waals surface area contributed by atoms with Crippen molar-refractivity contribution in [2.24, 2.45) is 0 Å². The Bertz CT molecular complexity index is 1360. The summed E-state index contributed by atoms with van der Waals surface area (Å²) in [6.07, 6.45) is 10.0. The van der Waals surface area contributed by atoms with Crippen LogP contribution in [0.4, 0.5) is 0 Å². The van der Waals surface area contributed by atoms with Gasteiger partial charge in [0.1, 0.15) is 0 Å². The quantitative estimate of drug-likeness (QED) is 0.205. The van der Waals surface area contributed by atoms with Gasteiger partial charge in [-0.15, -0.1) is 40.8 Å². The summed E-state index contributed by atoms with van der Waals surface area (Å²) < 4.78 is 6.81. The maximum absolute atomic E-state index is 5.39. The van der Waals surface area contributed by atoms with E-state index in [4.69, 9.17) is 4.74 Å². The van der Waals surface area contributed by atoms with E-state index in [0.717, 1.165) is 12.2 Å². The molecule has 0 bridgehead atoms. The van der Waals surface area contributed by atoms with Gasteiger partial charge in [-0.1, -0.05) is 29.7 Å². The van der Waals surface area contributed by atoms with E-state index < -0.39 is 0 Å². The summed E-state index contributed by atoms with van der Waals surface area (Å²) >= 11 is 1.46. The van der Waals surface area contributed by atoms with E-state index in [-0.39, 0.29) is 14.9 Å². The fourth-order valence-electron chi connectivity index (χ4n) is 3.86. The van der Waals surface area contributed by atoms with E-state index in [9.17, 15) is 0 Å². The van der Waals surface area contributed by atoms with Crippen LogP contribution in [0.5, 0.6) is 5.75 Å². The predicted octanol–water partition coefficient (Wildman–Crippen LogP) is 8.73. The van der Waals surface area contributed by atoms with E-state index >= 15 is 0 Å². The van der Waals surface area contributed by atoms with Gasteiger partial charge in [-0.2, -0.15) is 6.08 Å². The van der Waals surface area contributed by atoms with Crippen molar-refractivity contribution in [1.82, 2.24) is 0 Å². The first kappa shape index (κ1) is 29.0. The fourth-order valence-corrected chi connectivity index (χ4v) is 4.68. The Kier molecular flexibility index (Phi) is 12.1. The summed E-state index contributed by atoms with van der Waals surface area (Å²) in [7, 11) is 1.72. The summed E-state index contributed by atoms with van der Waals surface area (Å²) in [5.41, 5.74) is 2.66. The molecule has 0 heterocycles. The van der Waals surface area contributed by atoms with E-state index in [0.29, 0.717) is 0 Å². The van der Waals surface area contributed by atoms with Gasteiger partial charge in [-0.25, -0.2) is 12.2 Å². The molecule has 0 aliphatic heterocycles. The van der Waals surface area contributed by atoms with Gasteiger partial charge < -0.3 is 19.6 Å². The molecule has 0 amide bonds. The monoisotopic (exact) mass is 546 g/mol. The number of hydrogen-bond donors (Lipinski definition) is 0. The third-order valence-electron chi connectivity index (χ3n) is 5.53. The Morgan fingerprint density at radius 3 is 1.86 bits per heavy atom. The topological polar surface area (TPSA) is 9.23 Å². The number of hydrogen-bond acceptors (Lipinski definition) is 1. The van der Waals surface area contributed by atoms with Crippen LogP contribution in [0.1, 0.15) is 17.5 Å². The summed E-state index contributed by atoms with van der Waals surface area (Å²) in [5.74, 6) is 0.952. The molecule has 1 nitrogen and oxygen atoms in total. The molecule has 0 saturated heterocycles. The Morgan fingerprint density at radius 1 is 0.750 bits per heavy atom. The first-order valence-electron chi connectivity index (χ1n) is 11.3. The minimum atomic E-state index is 0. The van der Waals surface area contributed by atoms with Crippen LogP contribution in [-0.2, 0) is 24.2 Å². The molecule has 0 aromatic heterocycles.